The molecule has 2 atom stereocenters. The van der Waals surface area contributed by atoms with Gasteiger partial charge in [0.1, 0.15) is 16.8 Å². The Morgan fingerprint density at radius 2 is 1.76 bits per heavy atom. The molecule has 2 aromatic carbocycles. The van der Waals surface area contributed by atoms with E-state index in [-0.39, 0.29) is 29.9 Å². The molecule has 3 N–H and O–H groups in total. The number of aliphatic carboxylic acids is 1. The van der Waals surface area contributed by atoms with E-state index in [1.807, 2.05) is 29.2 Å². The SMILES string of the molecule is COc1nc(O[C@H]2CCc3c(-c4cccc(-c5cnc(CNC[C@@H]6CCC(=O)N6)c(OC)n5)c4Cl)cccc32)c(Cl)cc1CN1CC(C(=O)O)C1. The lowest BCUT2D eigenvalue weighted by Gasteiger charge is -2.36. The van der Waals surface area contributed by atoms with E-state index in [9.17, 15) is 14.7 Å². The van der Waals surface area contributed by atoms with Crippen molar-refractivity contribution in [3.05, 3.63) is 81.1 Å². The number of amides is 1. The molecule has 4 aromatic rings. The van der Waals surface area contributed by atoms with E-state index < -0.39 is 5.97 Å². The number of likely N-dealkylation sites (tertiary alicyclic amines) is 1. The van der Waals surface area contributed by atoms with E-state index in [2.05, 4.69) is 32.7 Å². The van der Waals surface area contributed by atoms with Crippen molar-refractivity contribution in [2.45, 2.75) is 50.9 Å². The number of aromatic nitrogens is 3. The second-order valence-electron chi connectivity index (χ2n) is 13.0. The molecule has 4 heterocycles. The second-order valence-corrected chi connectivity index (χ2v) is 13.8. The van der Waals surface area contributed by atoms with Crippen molar-refractivity contribution < 1.29 is 28.9 Å². The first-order chi connectivity index (χ1) is 24.7. The molecule has 0 saturated carbocycles. The maximum Gasteiger partial charge on any atom is 0.309 e. The summed E-state index contributed by atoms with van der Waals surface area (Å²) >= 11 is 13.8. The van der Waals surface area contributed by atoms with Crippen LogP contribution in [-0.2, 0) is 29.1 Å². The Morgan fingerprint density at radius 3 is 2.51 bits per heavy atom. The summed E-state index contributed by atoms with van der Waals surface area (Å²) in [6.45, 7) is 2.51. The number of carboxylic acid groups (broad SMARTS) is 1. The predicted octanol–water partition coefficient (Wildman–Crippen LogP) is 5.48. The normalized spacial score (nSPS) is 18.6. The quantitative estimate of drug-likeness (QED) is 0.161. The van der Waals surface area contributed by atoms with Gasteiger partial charge in [-0.1, -0.05) is 59.6 Å². The average molecular weight is 734 g/mol. The van der Waals surface area contributed by atoms with Gasteiger partial charge in [0.25, 0.3) is 0 Å². The molecule has 266 valence electrons. The van der Waals surface area contributed by atoms with Gasteiger partial charge >= 0.3 is 5.97 Å². The lowest BCUT2D eigenvalue weighted by molar-refractivity contribution is -0.147. The van der Waals surface area contributed by atoms with Crippen molar-refractivity contribution in [2.24, 2.45) is 5.92 Å². The monoisotopic (exact) mass is 732 g/mol. The topological polar surface area (TPSA) is 148 Å². The summed E-state index contributed by atoms with van der Waals surface area (Å²) in [7, 11) is 3.11. The summed E-state index contributed by atoms with van der Waals surface area (Å²) in [6.07, 6.45) is 4.28. The van der Waals surface area contributed by atoms with E-state index in [0.29, 0.717) is 72.3 Å². The molecule has 0 bridgehead atoms. The zero-order chi connectivity index (χ0) is 35.6. The highest BCUT2D eigenvalue weighted by Crippen LogP contribution is 2.44. The number of hydrogen-bond acceptors (Lipinski definition) is 10. The Hall–Kier alpha value is -4.49. The van der Waals surface area contributed by atoms with Crippen LogP contribution >= 0.6 is 23.2 Å². The fourth-order valence-corrected chi connectivity index (χ4v) is 7.58. The van der Waals surface area contributed by atoms with Crippen LogP contribution in [0.2, 0.25) is 10.0 Å². The third kappa shape index (κ3) is 7.32. The maximum absolute atomic E-state index is 11.5. The second kappa shape index (κ2) is 15.0. The summed E-state index contributed by atoms with van der Waals surface area (Å²) < 4.78 is 17.6. The number of nitrogens with zero attached hydrogens (tertiary/aromatic N) is 4. The predicted molar refractivity (Wildman–Crippen MR) is 191 cm³/mol. The van der Waals surface area contributed by atoms with Gasteiger partial charge in [-0.15, -0.1) is 0 Å². The molecule has 14 heteroatoms. The molecule has 2 aromatic heterocycles. The zero-order valence-corrected chi connectivity index (χ0v) is 29.8. The summed E-state index contributed by atoms with van der Waals surface area (Å²) in [4.78, 5) is 38.8. The minimum Gasteiger partial charge on any atom is -0.481 e. The number of carbonyl (C=O) groups is 2. The largest absolute Gasteiger partial charge is 0.481 e. The Morgan fingerprint density at radius 1 is 1.00 bits per heavy atom. The highest BCUT2D eigenvalue weighted by atomic mass is 35.5. The number of methoxy groups -OCH3 is 2. The van der Waals surface area contributed by atoms with Crippen molar-refractivity contribution in [1.82, 2.24) is 30.5 Å². The van der Waals surface area contributed by atoms with Gasteiger partial charge in [0.15, 0.2) is 0 Å². The molecule has 51 heavy (non-hydrogen) atoms. The van der Waals surface area contributed by atoms with Crippen LogP contribution in [0.5, 0.6) is 17.6 Å². The first-order valence-corrected chi connectivity index (χ1v) is 17.6. The van der Waals surface area contributed by atoms with Crippen LogP contribution in [0.15, 0.2) is 48.7 Å². The number of benzene rings is 2. The molecule has 1 amide bonds. The smallest absolute Gasteiger partial charge is 0.309 e. The fraction of sp³-hybridized carbons (Fsp3) is 0.378. The molecule has 0 unspecified atom stereocenters. The van der Waals surface area contributed by atoms with E-state index in [1.165, 1.54) is 0 Å². The molecule has 12 nitrogen and oxygen atoms in total. The van der Waals surface area contributed by atoms with E-state index >= 15 is 0 Å². The highest BCUT2D eigenvalue weighted by molar-refractivity contribution is 6.36. The van der Waals surface area contributed by atoms with E-state index in [4.69, 9.17) is 42.4 Å². The number of rotatable bonds is 13. The number of hydrogen-bond donors (Lipinski definition) is 3. The first kappa shape index (κ1) is 34.9. The third-order valence-corrected chi connectivity index (χ3v) is 10.4. The minimum absolute atomic E-state index is 0.0833. The van der Waals surface area contributed by atoms with Crippen LogP contribution in [-0.4, -0.2) is 76.7 Å². The number of ether oxygens (including phenoxy) is 3. The molecule has 3 aliphatic rings. The van der Waals surface area contributed by atoms with Crippen molar-refractivity contribution in [3.8, 4) is 40.0 Å². The highest BCUT2D eigenvalue weighted by Gasteiger charge is 2.34. The standard InChI is InChI=1S/C37H38Cl2N6O6/c1-49-34-20(17-45-18-21(19-45)37(47)48)13-28(38)35(44-34)51-31-11-10-24-23(5-3-6-25(24)31)26-7-4-8-27(33(26)39)29-16-41-30(36(43-29)50-2)15-40-14-22-9-12-32(46)42-22/h3-8,13,16,21-22,31,40H,9-12,14-15,17-19H2,1-2H3,(H,42,46)(H,47,48)/t22-,31-/m0/s1. The fourth-order valence-electron chi connectivity index (χ4n) is 7.03. The number of carbonyl (C=O) groups excluding carboxylic acids is 1. The van der Waals surface area contributed by atoms with Crippen LogP contribution in [0.25, 0.3) is 22.4 Å². The van der Waals surface area contributed by atoms with Gasteiger partial charge in [0, 0.05) is 61.9 Å². The van der Waals surface area contributed by atoms with Crippen molar-refractivity contribution >= 4 is 35.1 Å². The summed E-state index contributed by atoms with van der Waals surface area (Å²) in [5.74, 6) is 0.0208. The van der Waals surface area contributed by atoms with Crippen molar-refractivity contribution in [1.29, 1.82) is 0 Å². The number of carboxylic acids is 1. The van der Waals surface area contributed by atoms with Crippen molar-refractivity contribution in [2.75, 3.05) is 33.9 Å². The first-order valence-electron chi connectivity index (χ1n) is 16.9. The van der Waals surface area contributed by atoms with Crippen molar-refractivity contribution in [3.63, 3.8) is 0 Å². The van der Waals surface area contributed by atoms with Gasteiger partial charge in [-0.2, -0.15) is 4.98 Å². The minimum atomic E-state index is -0.786. The molecule has 2 fully saturated rings. The molecule has 0 spiro atoms. The molecular formula is C37H38Cl2N6O6. The number of pyridine rings is 1. The van der Waals surface area contributed by atoms with Gasteiger partial charge in [-0.3, -0.25) is 19.5 Å². The Balaban J connectivity index is 1.08. The van der Waals surface area contributed by atoms with Gasteiger partial charge in [-0.25, -0.2) is 4.98 Å². The Kier molecular flexibility index (Phi) is 10.3. The van der Waals surface area contributed by atoms with Crippen LogP contribution in [0.3, 0.4) is 0 Å². The summed E-state index contributed by atoms with van der Waals surface area (Å²) in [6, 6.07) is 13.9. The van der Waals surface area contributed by atoms with Crippen LogP contribution in [0.1, 0.15) is 47.8 Å². The van der Waals surface area contributed by atoms with E-state index in [0.717, 1.165) is 52.6 Å². The van der Waals surface area contributed by atoms with Crippen LogP contribution in [0, 0.1) is 5.92 Å². The van der Waals surface area contributed by atoms with E-state index in [1.54, 1.807) is 26.5 Å². The summed E-state index contributed by atoms with van der Waals surface area (Å²) in [5, 5.41) is 16.4. The van der Waals surface area contributed by atoms with Gasteiger partial charge in [-0.05, 0) is 42.0 Å². The molecule has 2 saturated heterocycles. The maximum atomic E-state index is 11.5. The lowest BCUT2D eigenvalue weighted by atomic mass is 9.95. The number of halogens is 2. The molecule has 0 radical (unpaired) electrons. The third-order valence-electron chi connectivity index (χ3n) is 9.68. The van der Waals surface area contributed by atoms with Crippen LogP contribution < -0.4 is 24.8 Å². The summed E-state index contributed by atoms with van der Waals surface area (Å²) in [5.41, 5.74) is 6.80. The van der Waals surface area contributed by atoms with Gasteiger partial charge in [0.05, 0.1) is 37.1 Å². The van der Waals surface area contributed by atoms with Gasteiger partial charge < -0.3 is 30.0 Å². The van der Waals surface area contributed by atoms with Gasteiger partial charge in [0.2, 0.25) is 23.5 Å². The van der Waals surface area contributed by atoms with Crippen LogP contribution in [0.4, 0.5) is 0 Å². The molecular weight excluding hydrogens is 695 g/mol. The number of nitrogens with one attached hydrogen (secondary N) is 2. The average Bonchev–Trinajstić information content (AvgIpc) is 3.72. The Labute approximate surface area is 305 Å². The molecule has 1 aliphatic carbocycles. The molecule has 7 rings (SSSR count). The number of fused-ring (bicyclic) bond motifs is 1. The lowest BCUT2D eigenvalue weighted by Crippen LogP contribution is -2.49. The zero-order valence-electron chi connectivity index (χ0n) is 28.2. The Bertz CT molecular complexity index is 1970. The molecule has 2 aliphatic heterocycles.